The Balaban J connectivity index is 2.01. The van der Waals surface area contributed by atoms with Gasteiger partial charge in [0.2, 0.25) is 5.88 Å². The summed E-state index contributed by atoms with van der Waals surface area (Å²) in [6.45, 7) is 4.74. The number of carbonyl (C=O) groups excluding carboxylic acids is 1. The molecule has 1 aliphatic rings. The molecule has 7 heteroatoms. The third-order valence-electron chi connectivity index (χ3n) is 3.57. The number of nitrogens with one attached hydrogen (secondary N) is 1. The first kappa shape index (κ1) is 17.2. The van der Waals surface area contributed by atoms with Crippen molar-refractivity contribution < 1.29 is 24.2 Å². The molecule has 1 aromatic heterocycles. The first-order valence-electron chi connectivity index (χ1n) is 7.71. The van der Waals surface area contributed by atoms with Crippen LogP contribution in [0, 0.1) is 5.92 Å². The average molecular weight is 322 g/mol. The Hall–Kier alpha value is -2.15. The standard InChI is InChI=1S/C16H22N2O5/c1-10(2)23-13-6-5-11(8-17-13)15(19)18-14(16(20)21)12-4-3-7-22-9-12/h5-6,8,10,12,14H,3-4,7,9H2,1-2H3,(H,18,19)(H,20,21). The van der Waals surface area contributed by atoms with Gasteiger partial charge in [0.1, 0.15) is 6.04 Å². The number of hydrogen-bond acceptors (Lipinski definition) is 5. The number of carboxylic acid groups (broad SMARTS) is 1. The summed E-state index contributed by atoms with van der Waals surface area (Å²) >= 11 is 0. The molecule has 2 heterocycles. The molecule has 2 rings (SSSR count). The molecule has 1 saturated heterocycles. The fourth-order valence-corrected chi connectivity index (χ4v) is 2.46. The van der Waals surface area contributed by atoms with Gasteiger partial charge < -0.3 is 19.9 Å². The van der Waals surface area contributed by atoms with E-state index in [0.29, 0.717) is 24.7 Å². The third kappa shape index (κ3) is 4.92. The SMILES string of the molecule is CC(C)Oc1ccc(C(=O)NC(C(=O)O)C2CCCOC2)cn1. The number of pyridine rings is 1. The predicted molar refractivity (Wildman–Crippen MR) is 82.4 cm³/mol. The Labute approximate surface area is 135 Å². The minimum Gasteiger partial charge on any atom is -0.480 e. The van der Waals surface area contributed by atoms with Gasteiger partial charge in [0, 0.05) is 24.8 Å². The van der Waals surface area contributed by atoms with E-state index in [-0.39, 0.29) is 12.0 Å². The van der Waals surface area contributed by atoms with Crippen LogP contribution in [0.15, 0.2) is 18.3 Å². The summed E-state index contributed by atoms with van der Waals surface area (Å²) in [4.78, 5) is 27.7. The molecule has 1 fully saturated rings. The summed E-state index contributed by atoms with van der Waals surface area (Å²) in [5.41, 5.74) is 0.295. The number of carboxylic acids is 1. The highest BCUT2D eigenvalue weighted by Gasteiger charge is 2.31. The van der Waals surface area contributed by atoms with Crippen LogP contribution in [0.25, 0.3) is 0 Å². The monoisotopic (exact) mass is 322 g/mol. The van der Waals surface area contributed by atoms with Crippen molar-refractivity contribution in [1.82, 2.24) is 10.3 Å². The van der Waals surface area contributed by atoms with E-state index in [0.717, 1.165) is 12.8 Å². The lowest BCUT2D eigenvalue weighted by atomic mass is 9.93. The lowest BCUT2D eigenvalue weighted by Gasteiger charge is -2.28. The summed E-state index contributed by atoms with van der Waals surface area (Å²) in [6.07, 6.45) is 2.89. The van der Waals surface area contributed by atoms with Crippen molar-refractivity contribution in [1.29, 1.82) is 0 Å². The maximum atomic E-state index is 12.2. The summed E-state index contributed by atoms with van der Waals surface area (Å²) in [7, 11) is 0. The fraction of sp³-hybridized carbons (Fsp3) is 0.562. The molecule has 0 spiro atoms. The maximum absolute atomic E-state index is 12.2. The maximum Gasteiger partial charge on any atom is 0.326 e. The van der Waals surface area contributed by atoms with Gasteiger partial charge in [0.15, 0.2) is 0 Å². The number of hydrogen-bond donors (Lipinski definition) is 2. The van der Waals surface area contributed by atoms with E-state index >= 15 is 0 Å². The van der Waals surface area contributed by atoms with Gasteiger partial charge in [-0.25, -0.2) is 9.78 Å². The molecular weight excluding hydrogens is 300 g/mol. The van der Waals surface area contributed by atoms with Crippen molar-refractivity contribution in [2.45, 2.75) is 38.8 Å². The van der Waals surface area contributed by atoms with Gasteiger partial charge in [0.05, 0.1) is 18.3 Å². The molecule has 2 unspecified atom stereocenters. The van der Waals surface area contributed by atoms with E-state index in [1.165, 1.54) is 6.20 Å². The first-order valence-corrected chi connectivity index (χ1v) is 7.71. The molecule has 7 nitrogen and oxygen atoms in total. The fourth-order valence-electron chi connectivity index (χ4n) is 2.46. The molecule has 0 radical (unpaired) electrons. The topological polar surface area (TPSA) is 97.8 Å². The lowest BCUT2D eigenvalue weighted by Crippen LogP contribution is -2.48. The predicted octanol–water partition coefficient (Wildman–Crippen LogP) is 1.48. The van der Waals surface area contributed by atoms with E-state index in [1.807, 2.05) is 13.8 Å². The van der Waals surface area contributed by atoms with E-state index in [1.54, 1.807) is 12.1 Å². The van der Waals surface area contributed by atoms with Crippen LogP contribution in [0.4, 0.5) is 0 Å². The molecule has 1 amide bonds. The van der Waals surface area contributed by atoms with Gasteiger partial charge >= 0.3 is 5.97 Å². The van der Waals surface area contributed by atoms with E-state index < -0.39 is 17.9 Å². The van der Waals surface area contributed by atoms with Crippen LogP contribution in [-0.2, 0) is 9.53 Å². The molecule has 126 valence electrons. The van der Waals surface area contributed by atoms with Crippen molar-refractivity contribution in [3.05, 3.63) is 23.9 Å². The lowest BCUT2D eigenvalue weighted by molar-refractivity contribution is -0.142. The summed E-state index contributed by atoms with van der Waals surface area (Å²) in [6, 6.07) is 2.19. The van der Waals surface area contributed by atoms with E-state index in [4.69, 9.17) is 9.47 Å². The van der Waals surface area contributed by atoms with Gasteiger partial charge in [-0.1, -0.05) is 0 Å². The van der Waals surface area contributed by atoms with Crippen LogP contribution in [0.2, 0.25) is 0 Å². The summed E-state index contributed by atoms with van der Waals surface area (Å²) in [5.74, 6) is -1.32. The first-order chi connectivity index (χ1) is 11.0. The second-order valence-corrected chi connectivity index (χ2v) is 5.82. The van der Waals surface area contributed by atoms with Crippen molar-refractivity contribution in [3.63, 3.8) is 0 Å². The molecule has 23 heavy (non-hydrogen) atoms. The summed E-state index contributed by atoms with van der Waals surface area (Å²) < 4.78 is 10.7. The number of aliphatic carboxylic acids is 1. The zero-order valence-electron chi connectivity index (χ0n) is 13.3. The van der Waals surface area contributed by atoms with Crippen molar-refractivity contribution in [2.75, 3.05) is 13.2 Å². The zero-order valence-corrected chi connectivity index (χ0v) is 13.3. The van der Waals surface area contributed by atoms with Crippen LogP contribution < -0.4 is 10.1 Å². The van der Waals surface area contributed by atoms with E-state index in [9.17, 15) is 14.7 Å². The highest BCUT2D eigenvalue weighted by atomic mass is 16.5. The molecule has 1 aliphatic heterocycles. The van der Waals surface area contributed by atoms with Gasteiger partial charge in [-0.15, -0.1) is 0 Å². The third-order valence-corrected chi connectivity index (χ3v) is 3.57. The highest BCUT2D eigenvalue weighted by Crippen LogP contribution is 2.18. The van der Waals surface area contributed by atoms with Crippen LogP contribution in [0.5, 0.6) is 5.88 Å². The van der Waals surface area contributed by atoms with Gasteiger partial charge in [-0.3, -0.25) is 4.79 Å². The molecule has 0 aliphatic carbocycles. The van der Waals surface area contributed by atoms with Crippen LogP contribution in [0.1, 0.15) is 37.0 Å². The van der Waals surface area contributed by atoms with E-state index in [2.05, 4.69) is 10.3 Å². The molecule has 0 bridgehead atoms. The Morgan fingerprint density at radius 3 is 2.74 bits per heavy atom. The Morgan fingerprint density at radius 1 is 1.43 bits per heavy atom. The van der Waals surface area contributed by atoms with Gasteiger partial charge in [-0.2, -0.15) is 0 Å². The van der Waals surface area contributed by atoms with Crippen LogP contribution in [0.3, 0.4) is 0 Å². The number of rotatable bonds is 6. The van der Waals surface area contributed by atoms with Gasteiger partial charge in [0.25, 0.3) is 5.91 Å². The normalized spacial score (nSPS) is 19.2. The largest absolute Gasteiger partial charge is 0.480 e. The molecule has 0 aromatic carbocycles. The number of ether oxygens (including phenoxy) is 2. The van der Waals surface area contributed by atoms with Crippen molar-refractivity contribution in [2.24, 2.45) is 5.92 Å². The average Bonchev–Trinajstić information content (AvgIpc) is 2.53. The highest BCUT2D eigenvalue weighted by molar-refractivity contribution is 5.96. The van der Waals surface area contributed by atoms with Gasteiger partial charge in [-0.05, 0) is 32.8 Å². The Bertz CT molecular complexity index is 538. The number of carbonyl (C=O) groups is 2. The second-order valence-electron chi connectivity index (χ2n) is 5.82. The Morgan fingerprint density at radius 2 is 2.22 bits per heavy atom. The quantitative estimate of drug-likeness (QED) is 0.823. The molecule has 2 N–H and O–H groups in total. The number of amides is 1. The smallest absolute Gasteiger partial charge is 0.326 e. The molecule has 2 atom stereocenters. The van der Waals surface area contributed by atoms with Crippen molar-refractivity contribution in [3.8, 4) is 5.88 Å². The van der Waals surface area contributed by atoms with Crippen molar-refractivity contribution >= 4 is 11.9 Å². The minimum absolute atomic E-state index is 0.00938. The minimum atomic E-state index is -1.05. The molecular formula is C16H22N2O5. The zero-order chi connectivity index (χ0) is 16.8. The number of aromatic nitrogens is 1. The summed E-state index contributed by atoms with van der Waals surface area (Å²) in [5, 5.41) is 11.9. The molecule has 0 saturated carbocycles. The number of nitrogens with zero attached hydrogens (tertiary/aromatic N) is 1. The molecule has 1 aromatic rings. The van der Waals surface area contributed by atoms with Crippen LogP contribution >= 0.6 is 0 Å². The Kier molecular flexibility index (Phi) is 5.92. The van der Waals surface area contributed by atoms with Crippen LogP contribution in [-0.4, -0.2) is 47.3 Å². The second kappa shape index (κ2) is 7.92.